The third-order valence-electron chi connectivity index (χ3n) is 3.81. The maximum atomic E-state index is 12.6. The van der Waals surface area contributed by atoms with Crippen LogP contribution in [0.3, 0.4) is 0 Å². The molecule has 20 heavy (non-hydrogen) atoms. The van der Waals surface area contributed by atoms with Gasteiger partial charge in [-0.3, -0.25) is 4.79 Å². The SMILES string of the molecule is CCOc1ccc(C(=O)N(CCN)C2CCCC2)cc1. The minimum absolute atomic E-state index is 0.0883. The Balaban J connectivity index is 2.09. The van der Waals surface area contributed by atoms with Gasteiger partial charge in [0.1, 0.15) is 5.75 Å². The lowest BCUT2D eigenvalue weighted by molar-refractivity contribution is 0.0688. The fraction of sp³-hybridized carbons (Fsp3) is 0.562. The Morgan fingerprint density at radius 1 is 1.30 bits per heavy atom. The molecule has 0 aromatic heterocycles. The summed E-state index contributed by atoms with van der Waals surface area (Å²) in [5.41, 5.74) is 6.38. The van der Waals surface area contributed by atoms with E-state index in [0.29, 0.717) is 31.3 Å². The van der Waals surface area contributed by atoms with Crippen molar-refractivity contribution in [2.24, 2.45) is 5.73 Å². The van der Waals surface area contributed by atoms with E-state index in [4.69, 9.17) is 10.5 Å². The standard InChI is InChI=1S/C16H24N2O2/c1-2-20-15-9-7-13(8-10-15)16(19)18(12-11-17)14-5-3-4-6-14/h7-10,14H,2-6,11-12,17H2,1H3. The molecule has 4 nitrogen and oxygen atoms in total. The second-order valence-corrected chi connectivity index (χ2v) is 5.18. The maximum Gasteiger partial charge on any atom is 0.254 e. The van der Waals surface area contributed by atoms with Crippen LogP contribution in [-0.2, 0) is 0 Å². The van der Waals surface area contributed by atoms with Crippen molar-refractivity contribution in [2.75, 3.05) is 19.7 Å². The molecule has 0 atom stereocenters. The molecule has 1 aromatic rings. The molecule has 2 N–H and O–H groups in total. The summed E-state index contributed by atoms with van der Waals surface area (Å²) in [6.07, 6.45) is 4.62. The molecule has 110 valence electrons. The van der Waals surface area contributed by atoms with Gasteiger partial charge in [-0.25, -0.2) is 0 Å². The van der Waals surface area contributed by atoms with Crippen molar-refractivity contribution in [1.29, 1.82) is 0 Å². The summed E-state index contributed by atoms with van der Waals surface area (Å²) >= 11 is 0. The second kappa shape index (κ2) is 7.29. The molecule has 1 aliphatic carbocycles. The largest absolute Gasteiger partial charge is 0.494 e. The molecule has 0 unspecified atom stereocenters. The Bertz CT molecular complexity index is 425. The van der Waals surface area contributed by atoms with Gasteiger partial charge in [0.15, 0.2) is 0 Å². The lowest BCUT2D eigenvalue weighted by Gasteiger charge is -2.28. The number of carbonyl (C=O) groups excluding carboxylic acids is 1. The predicted molar refractivity (Wildman–Crippen MR) is 80.0 cm³/mol. The van der Waals surface area contributed by atoms with Gasteiger partial charge < -0.3 is 15.4 Å². The first-order valence-electron chi connectivity index (χ1n) is 7.50. The Morgan fingerprint density at radius 2 is 1.95 bits per heavy atom. The zero-order valence-corrected chi connectivity index (χ0v) is 12.2. The highest BCUT2D eigenvalue weighted by molar-refractivity contribution is 5.94. The third kappa shape index (κ3) is 3.51. The smallest absolute Gasteiger partial charge is 0.254 e. The van der Waals surface area contributed by atoms with E-state index in [1.165, 1.54) is 12.8 Å². The minimum Gasteiger partial charge on any atom is -0.494 e. The number of benzene rings is 1. The number of carbonyl (C=O) groups is 1. The van der Waals surface area contributed by atoms with Gasteiger partial charge in [-0.1, -0.05) is 12.8 Å². The normalized spacial score (nSPS) is 15.3. The van der Waals surface area contributed by atoms with E-state index in [0.717, 1.165) is 18.6 Å². The van der Waals surface area contributed by atoms with E-state index in [-0.39, 0.29) is 5.91 Å². The summed E-state index contributed by atoms with van der Waals surface area (Å²) in [6.45, 7) is 3.73. The van der Waals surface area contributed by atoms with E-state index in [2.05, 4.69) is 0 Å². The van der Waals surface area contributed by atoms with Crippen LogP contribution in [0.25, 0.3) is 0 Å². The summed E-state index contributed by atoms with van der Waals surface area (Å²) < 4.78 is 5.40. The lowest BCUT2D eigenvalue weighted by atomic mass is 10.1. The van der Waals surface area contributed by atoms with E-state index < -0.39 is 0 Å². The van der Waals surface area contributed by atoms with Crippen LogP contribution in [0.5, 0.6) is 5.75 Å². The average molecular weight is 276 g/mol. The molecule has 1 amide bonds. The first-order chi connectivity index (χ1) is 9.76. The minimum atomic E-state index is 0.0883. The van der Waals surface area contributed by atoms with E-state index in [1.54, 1.807) is 0 Å². The van der Waals surface area contributed by atoms with Gasteiger partial charge >= 0.3 is 0 Å². The van der Waals surface area contributed by atoms with Crippen molar-refractivity contribution in [3.05, 3.63) is 29.8 Å². The van der Waals surface area contributed by atoms with Crippen molar-refractivity contribution in [3.63, 3.8) is 0 Å². The molecule has 1 fully saturated rings. The molecular formula is C16H24N2O2. The van der Waals surface area contributed by atoms with Crippen molar-refractivity contribution in [1.82, 2.24) is 4.90 Å². The second-order valence-electron chi connectivity index (χ2n) is 5.18. The third-order valence-corrected chi connectivity index (χ3v) is 3.81. The van der Waals surface area contributed by atoms with Gasteiger partial charge in [0, 0.05) is 24.7 Å². The van der Waals surface area contributed by atoms with Crippen LogP contribution < -0.4 is 10.5 Å². The number of amides is 1. The molecule has 0 saturated heterocycles. The Labute approximate surface area is 120 Å². The summed E-state index contributed by atoms with van der Waals surface area (Å²) in [6, 6.07) is 7.74. The number of nitrogens with two attached hydrogens (primary N) is 1. The molecular weight excluding hydrogens is 252 g/mol. The molecule has 1 aromatic carbocycles. The molecule has 0 aliphatic heterocycles. The number of ether oxygens (including phenoxy) is 1. The van der Waals surface area contributed by atoms with Gasteiger partial charge in [-0.15, -0.1) is 0 Å². The number of nitrogens with zero attached hydrogens (tertiary/aromatic N) is 1. The van der Waals surface area contributed by atoms with Crippen LogP contribution in [0, 0.1) is 0 Å². The molecule has 0 heterocycles. The molecule has 4 heteroatoms. The van der Waals surface area contributed by atoms with Crippen molar-refractivity contribution in [2.45, 2.75) is 38.6 Å². The van der Waals surface area contributed by atoms with Gasteiger partial charge in [0.05, 0.1) is 6.61 Å². The topological polar surface area (TPSA) is 55.6 Å². The number of hydrogen-bond donors (Lipinski definition) is 1. The van der Waals surface area contributed by atoms with E-state index in [9.17, 15) is 4.79 Å². The van der Waals surface area contributed by atoms with E-state index >= 15 is 0 Å². The average Bonchev–Trinajstić information content (AvgIpc) is 2.99. The van der Waals surface area contributed by atoms with Crippen LogP contribution in [0.1, 0.15) is 43.0 Å². The first-order valence-corrected chi connectivity index (χ1v) is 7.50. The summed E-state index contributed by atoms with van der Waals surface area (Å²) in [5, 5.41) is 0. The highest BCUT2D eigenvalue weighted by atomic mass is 16.5. The highest BCUT2D eigenvalue weighted by Gasteiger charge is 2.26. The Hall–Kier alpha value is -1.55. The lowest BCUT2D eigenvalue weighted by Crippen LogP contribution is -2.41. The monoisotopic (exact) mass is 276 g/mol. The maximum absolute atomic E-state index is 12.6. The molecule has 2 rings (SSSR count). The van der Waals surface area contributed by atoms with Crippen LogP contribution in [0.2, 0.25) is 0 Å². The zero-order chi connectivity index (χ0) is 14.4. The molecule has 0 bridgehead atoms. The summed E-state index contributed by atoms with van der Waals surface area (Å²) in [5.74, 6) is 0.890. The quantitative estimate of drug-likeness (QED) is 0.868. The Morgan fingerprint density at radius 3 is 2.50 bits per heavy atom. The number of rotatable bonds is 6. The first kappa shape index (κ1) is 14.9. The van der Waals surface area contributed by atoms with Gasteiger partial charge in [-0.2, -0.15) is 0 Å². The van der Waals surface area contributed by atoms with Gasteiger partial charge in [0.2, 0.25) is 0 Å². The predicted octanol–water partition coefficient (Wildman–Crippen LogP) is 2.43. The zero-order valence-electron chi connectivity index (χ0n) is 12.2. The van der Waals surface area contributed by atoms with Crippen molar-refractivity contribution < 1.29 is 9.53 Å². The fourth-order valence-electron chi connectivity index (χ4n) is 2.83. The van der Waals surface area contributed by atoms with Gasteiger partial charge in [-0.05, 0) is 44.0 Å². The molecule has 0 radical (unpaired) electrons. The number of hydrogen-bond acceptors (Lipinski definition) is 3. The summed E-state index contributed by atoms with van der Waals surface area (Å²) in [4.78, 5) is 14.6. The molecule has 0 spiro atoms. The van der Waals surface area contributed by atoms with Crippen LogP contribution in [-0.4, -0.2) is 36.5 Å². The highest BCUT2D eigenvalue weighted by Crippen LogP contribution is 2.25. The van der Waals surface area contributed by atoms with Crippen LogP contribution in [0.15, 0.2) is 24.3 Å². The van der Waals surface area contributed by atoms with Crippen LogP contribution >= 0.6 is 0 Å². The fourth-order valence-corrected chi connectivity index (χ4v) is 2.83. The van der Waals surface area contributed by atoms with E-state index in [1.807, 2.05) is 36.1 Å². The van der Waals surface area contributed by atoms with Crippen molar-refractivity contribution in [3.8, 4) is 5.75 Å². The van der Waals surface area contributed by atoms with Crippen LogP contribution in [0.4, 0.5) is 0 Å². The van der Waals surface area contributed by atoms with Crippen molar-refractivity contribution >= 4 is 5.91 Å². The Kier molecular flexibility index (Phi) is 5.41. The van der Waals surface area contributed by atoms with Gasteiger partial charge in [0.25, 0.3) is 5.91 Å². The molecule has 1 saturated carbocycles. The molecule has 1 aliphatic rings. The summed E-state index contributed by atoms with van der Waals surface area (Å²) in [7, 11) is 0.